The van der Waals surface area contributed by atoms with Crippen LogP contribution in [0.5, 0.6) is 0 Å². The highest BCUT2D eigenvalue weighted by Gasteiger charge is 2.05. The first-order valence-electron chi connectivity index (χ1n) is 6.36. The van der Waals surface area contributed by atoms with E-state index in [1.165, 1.54) is 5.56 Å². The van der Waals surface area contributed by atoms with E-state index in [2.05, 4.69) is 45.3 Å². The number of likely N-dealkylation sites (N-methyl/N-ethyl adjacent to an activating group) is 1. The minimum absolute atomic E-state index is 0.921. The van der Waals surface area contributed by atoms with E-state index in [-0.39, 0.29) is 0 Å². The summed E-state index contributed by atoms with van der Waals surface area (Å²) in [5.41, 5.74) is 2.40. The molecule has 1 aromatic carbocycles. The van der Waals surface area contributed by atoms with Gasteiger partial charge in [-0.2, -0.15) is 0 Å². The van der Waals surface area contributed by atoms with Gasteiger partial charge < -0.3 is 14.6 Å². The smallest absolute Gasteiger partial charge is 0.105 e. The first-order chi connectivity index (χ1) is 9.15. The molecule has 102 valence electrons. The fourth-order valence-electron chi connectivity index (χ4n) is 1.90. The third kappa shape index (κ3) is 4.40. The molecule has 1 heterocycles. The van der Waals surface area contributed by atoms with Crippen LogP contribution in [0.4, 0.5) is 5.69 Å². The standard InChI is InChI=1S/C15H19BrN2O/c1-12-13(7-10-19-12)11-18(2)9-8-17-15-5-3-14(16)4-6-15/h3-7,10,17H,8-9,11H2,1-2H3. The minimum atomic E-state index is 0.921. The number of aryl methyl sites for hydroxylation is 1. The summed E-state index contributed by atoms with van der Waals surface area (Å²) in [6.07, 6.45) is 1.75. The van der Waals surface area contributed by atoms with E-state index in [4.69, 9.17) is 4.42 Å². The Labute approximate surface area is 122 Å². The van der Waals surface area contributed by atoms with Crippen LogP contribution in [0, 0.1) is 6.92 Å². The molecule has 0 spiro atoms. The highest BCUT2D eigenvalue weighted by atomic mass is 79.9. The predicted octanol–water partition coefficient (Wildman–Crippen LogP) is 3.89. The molecule has 0 aliphatic rings. The first kappa shape index (κ1) is 14.2. The Bertz CT molecular complexity index is 507. The van der Waals surface area contributed by atoms with Crippen LogP contribution in [0.1, 0.15) is 11.3 Å². The third-order valence-electron chi connectivity index (χ3n) is 3.07. The topological polar surface area (TPSA) is 28.4 Å². The van der Waals surface area contributed by atoms with Gasteiger partial charge in [-0.3, -0.25) is 0 Å². The maximum Gasteiger partial charge on any atom is 0.105 e. The van der Waals surface area contributed by atoms with Gasteiger partial charge in [0, 0.05) is 35.4 Å². The fourth-order valence-corrected chi connectivity index (χ4v) is 2.17. The molecule has 0 bridgehead atoms. The number of hydrogen-bond donors (Lipinski definition) is 1. The van der Waals surface area contributed by atoms with Gasteiger partial charge in [0.25, 0.3) is 0 Å². The van der Waals surface area contributed by atoms with Gasteiger partial charge in [-0.25, -0.2) is 0 Å². The Morgan fingerprint density at radius 1 is 1.21 bits per heavy atom. The lowest BCUT2D eigenvalue weighted by molar-refractivity contribution is 0.337. The Kier molecular flexibility index (Phi) is 5.05. The van der Waals surface area contributed by atoms with Crippen molar-refractivity contribution in [2.24, 2.45) is 0 Å². The summed E-state index contributed by atoms with van der Waals surface area (Å²) in [4.78, 5) is 2.28. The monoisotopic (exact) mass is 322 g/mol. The largest absolute Gasteiger partial charge is 0.469 e. The van der Waals surface area contributed by atoms with Crippen LogP contribution in [0.15, 0.2) is 45.5 Å². The molecule has 1 N–H and O–H groups in total. The average Bonchev–Trinajstić information content (AvgIpc) is 2.78. The zero-order valence-corrected chi connectivity index (χ0v) is 12.9. The van der Waals surface area contributed by atoms with E-state index >= 15 is 0 Å². The molecule has 0 atom stereocenters. The predicted molar refractivity (Wildman–Crippen MR) is 82.4 cm³/mol. The van der Waals surface area contributed by atoms with E-state index in [1.54, 1.807) is 6.26 Å². The van der Waals surface area contributed by atoms with Crippen LogP contribution in [0.2, 0.25) is 0 Å². The summed E-state index contributed by atoms with van der Waals surface area (Å²) in [7, 11) is 2.12. The van der Waals surface area contributed by atoms with Crippen molar-refractivity contribution in [1.29, 1.82) is 0 Å². The van der Waals surface area contributed by atoms with Crippen LogP contribution in [-0.4, -0.2) is 25.0 Å². The van der Waals surface area contributed by atoms with Gasteiger partial charge in [-0.15, -0.1) is 0 Å². The molecule has 2 rings (SSSR count). The quantitative estimate of drug-likeness (QED) is 0.874. The van der Waals surface area contributed by atoms with Gasteiger partial charge in [0.2, 0.25) is 0 Å². The van der Waals surface area contributed by atoms with Gasteiger partial charge in [0.05, 0.1) is 6.26 Å². The number of halogens is 1. The lowest BCUT2D eigenvalue weighted by atomic mass is 10.2. The molecule has 0 radical (unpaired) electrons. The van der Waals surface area contributed by atoms with Crippen LogP contribution in [0.25, 0.3) is 0 Å². The minimum Gasteiger partial charge on any atom is -0.469 e. The summed E-state index contributed by atoms with van der Waals surface area (Å²) in [6, 6.07) is 10.3. The van der Waals surface area contributed by atoms with Crippen LogP contribution >= 0.6 is 15.9 Å². The molecule has 0 saturated carbocycles. The van der Waals surface area contributed by atoms with Gasteiger partial charge in [-0.1, -0.05) is 15.9 Å². The van der Waals surface area contributed by atoms with E-state index in [9.17, 15) is 0 Å². The number of nitrogens with zero attached hydrogens (tertiary/aromatic N) is 1. The van der Waals surface area contributed by atoms with Crippen molar-refractivity contribution in [3.8, 4) is 0 Å². The molecule has 0 fully saturated rings. The number of furan rings is 1. The van der Waals surface area contributed by atoms with Gasteiger partial charge in [0.1, 0.15) is 5.76 Å². The number of nitrogens with one attached hydrogen (secondary N) is 1. The van der Waals surface area contributed by atoms with Crippen molar-refractivity contribution in [2.45, 2.75) is 13.5 Å². The molecule has 0 unspecified atom stereocenters. The summed E-state index contributed by atoms with van der Waals surface area (Å²) < 4.78 is 6.41. The Balaban J connectivity index is 1.73. The second-order valence-electron chi connectivity index (χ2n) is 4.67. The molecule has 0 aliphatic heterocycles. The lowest BCUT2D eigenvalue weighted by Crippen LogP contribution is -2.24. The second-order valence-corrected chi connectivity index (χ2v) is 5.59. The lowest BCUT2D eigenvalue weighted by Gasteiger charge is -2.17. The van der Waals surface area contributed by atoms with E-state index in [1.807, 2.05) is 25.1 Å². The van der Waals surface area contributed by atoms with E-state index in [0.29, 0.717) is 0 Å². The summed E-state index contributed by atoms with van der Waals surface area (Å²) in [5.74, 6) is 1.01. The fraction of sp³-hybridized carbons (Fsp3) is 0.333. The molecule has 1 aromatic heterocycles. The maximum atomic E-state index is 5.30. The molecule has 19 heavy (non-hydrogen) atoms. The molecule has 3 nitrogen and oxygen atoms in total. The Morgan fingerprint density at radius 3 is 2.58 bits per heavy atom. The van der Waals surface area contributed by atoms with Crippen molar-refractivity contribution >= 4 is 21.6 Å². The van der Waals surface area contributed by atoms with Crippen LogP contribution in [-0.2, 0) is 6.54 Å². The molecular weight excluding hydrogens is 304 g/mol. The normalized spacial score (nSPS) is 10.9. The molecule has 0 saturated heterocycles. The van der Waals surface area contributed by atoms with Crippen molar-refractivity contribution in [3.05, 3.63) is 52.4 Å². The van der Waals surface area contributed by atoms with Crippen LogP contribution in [0.3, 0.4) is 0 Å². The van der Waals surface area contributed by atoms with Crippen molar-refractivity contribution in [2.75, 3.05) is 25.5 Å². The van der Waals surface area contributed by atoms with Gasteiger partial charge in [0.15, 0.2) is 0 Å². The van der Waals surface area contributed by atoms with Crippen molar-refractivity contribution < 1.29 is 4.42 Å². The van der Waals surface area contributed by atoms with E-state index < -0.39 is 0 Å². The van der Waals surface area contributed by atoms with E-state index in [0.717, 1.165) is 35.6 Å². The molecule has 0 aliphatic carbocycles. The molecule has 4 heteroatoms. The number of rotatable bonds is 6. The zero-order valence-electron chi connectivity index (χ0n) is 11.3. The Morgan fingerprint density at radius 2 is 1.95 bits per heavy atom. The third-order valence-corrected chi connectivity index (χ3v) is 3.60. The maximum absolute atomic E-state index is 5.30. The molecule has 2 aromatic rings. The molecule has 0 amide bonds. The average molecular weight is 323 g/mol. The van der Waals surface area contributed by atoms with Crippen molar-refractivity contribution in [1.82, 2.24) is 4.90 Å². The second kappa shape index (κ2) is 6.78. The molecular formula is C15H19BrN2O. The Hall–Kier alpha value is -1.26. The summed E-state index contributed by atoms with van der Waals surface area (Å²) in [6.45, 7) is 4.84. The highest BCUT2D eigenvalue weighted by molar-refractivity contribution is 9.10. The number of hydrogen-bond acceptors (Lipinski definition) is 3. The van der Waals surface area contributed by atoms with Gasteiger partial charge in [-0.05, 0) is 44.3 Å². The van der Waals surface area contributed by atoms with Crippen LogP contribution < -0.4 is 5.32 Å². The SMILES string of the molecule is Cc1occc1CN(C)CCNc1ccc(Br)cc1. The van der Waals surface area contributed by atoms with Gasteiger partial charge >= 0.3 is 0 Å². The highest BCUT2D eigenvalue weighted by Crippen LogP contribution is 2.14. The van der Waals surface area contributed by atoms with Crippen molar-refractivity contribution in [3.63, 3.8) is 0 Å². The summed E-state index contributed by atoms with van der Waals surface area (Å²) >= 11 is 3.43. The number of anilines is 1. The number of benzene rings is 1. The first-order valence-corrected chi connectivity index (χ1v) is 7.15. The summed E-state index contributed by atoms with van der Waals surface area (Å²) in [5, 5.41) is 3.41. The zero-order chi connectivity index (χ0) is 13.7.